The van der Waals surface area contributed by atoms with Gasteiger partial charge in [-0.05, 0) is 61.9 Å². The Morgan fingerprint density at radius 2 is 1.80 bits per heavy atom. The molecule has 20 heavy (non-hydrogen) atoms. The molecule has 1 saturated heterocycles. The normalized spacial score (nSPS) is 22.0. The molecule has 0 amide bonds. The zero-order valence-electron chi connectivity index (χ0n) is 12.4. The number of nitriles is 1. The van der Waals surface area contributed by atoms with Crippen LogP contribution >= 0.6 is 0 Å². The molecule has 1 aliphatic carbocycles. The summed E-state index contributed by atoms with van der Waals surface area (Å²) in [4.78, 5) is 2.39. The van der Waals surface area contributed by atoms with E-state index in [9.17, 15) is 5.26 Å². The highest BCUT2D eigenvalue weighted by molar-refractivity contribution is 5.37. The minimum Gasteiger partial charge on any atom is -0.288 e. The first-order valence-electron chi connectivity index (χ1n) is 8.05. The average molecular weight is 268 g/mol. The fourth-order valence-corrected chi connectivity index (χ4v) is 3.76. The van der Waals surface area contributed by atoms with Crippen molar-refractivity contribution in [3.63, 3.8) is 0 Å². The summed E-state index contributed by atoms with van der Waals surface area (Å²) in [6, 6.07) is 9.51. The lowest BCUT2D eigenvalue weighted by Gasteiger charge is -2.34. The van der Waals surface area contributed by atoms with Crippen LogP contribution in [0.4, 0.5) is 0 Å². The van der Waals surface area contributed by atoms with Crippen molar-refractivity contribution < 1.29 is 0 Å². The summed E-state index contributed by atoms with van der Waals surface area (Å²) in [6.45, 7) is 4.40. The van der Waals surface area contributed by atoms with Gasteiger partial charge in [-0.2, -0.15) is 5.26 Å². The Balaban J connectivity index is 1.79. The van der Waals surface area contributed by atoms with Crippen LogP contribution in [0.25, 0.3) is 0 Å². The van der Waals surface area contributed by atoms with Gasteiger partial charge in [0.25, 0.3) is 0 Å². The summed E-state index contributed by atoms with van der Waals surface area (Å²) in [5, 5.41) is 9.61. The number of hydrogen-bond acceptors (Lipinski definition) is 2. The van der Waals surface area contributed by atoms with E-state index in [4.69, 9.17) is 0 Å². The largest absolute Gasteiger partial charge is 0.288 e. The van der Waals surface area contributed by atoms with Crippen molar-refractivity contribution in [1.82, 2.24) is 4.90 Å². The van der Waals surface area contributed by atoms with Gasteiger partial charge in [0, 0.05) is 5.92 Å². The Bertz CT molecular complexity index is 509. The molecule has 2 heteroatoms. The highest BCUT2D eigenvalue weighted by atomic mass is 15.2. The van der Waals surface area contributed by atoms with Crippen LogP contribution in [0.2, 0.25) is 0 Å². The second-order valence-corrected chi connectivity index (χ2v) is 6.34. The molecule has 1 aromatic rings. The van der Waals surface area contributed by atoms with Crippen molar-refractivity contribution >= 4 is 0 Å². The molecule has 106 valence electrons. The molecule has 2 atom stereocenters. The molecule has 1 aliphatic heterocycles. The van der Waals surface area contributed by atoms with Crippen molar-refractivity contribution in [2.45, 2.75) is 57.4 Å². The third kappa shape index (κ3) is 2.60. The first kappa shape index (κ1) is 13.6. The molecule has 3 rings (SSSR count). The predicted octanol–water partition coefficient (Wildman–Crippen LogP) is 3.66. The average Bonchev–Trinajstić information content (AvgIpc) is 2.96. The Labute approximate surface area is 122 Å². The number of benzene rings is 1. The highest BCUT2D eigenvalue weighted by Crippen LogP contribution is 2.30. The molecule has 0 aromatic heterocycles. The van der Waals surface area contributed by atoms with Crippen LogP contribution in [0.15, 0.2) is 18.2 Å². The lowest BCUT2D eigenvalue weighted by Crippen LogP contribution is -2.41. The van der Waals surface area contributed by atoms with Gasteiger partial charge in [-0.1, -0.05) is 31.5 Å². The van der Waals surface area contributed by atoms with E-state index in [1.807, 2.05) is 0 Å². The molecule has 0 bridgehead atoms. The number of nitrogens with zero attached hydrogens (tertiary/aromatic N) is 2. The summed E-state index contributed by atoms with van der Waals surface area (Å²) < 4.78 is 0. The second kappa shape index (κ2) is 5.97. The Hall–Kier alpha value is -1.33. The van der Waals surface area contributed by atoms with Gasteiger partial charge in [-0.3, -0.25) is 4.90 Å². The fraction of sp³-hybridized carbons (Fsp3) is 0.611. The van der Waals surface area contributed by atoms with E-state index < -0.39 is 0 Å². The number of aryl methyl sites for hydroxylation is 2. The summed E-state index contributed by atoms with van der Waals surface area (Å²) in [6.07, 6.45) is 7.56. The van der Waals surface area contributed by atoms with E-state index >= 15 is 0 Å². The maximum atomic E-state index is 9.61. The van der Waals surface area contributed by atoms with Gasteiger partial charge in [0.15, 0.2) is 0 Å². The van der Waals surface area contributed by atoms with Gasteiger partial charge in [-0.15, -0.1) is 0 Å². The number of hydrogen-bond donors (Lipinski definition) is 0. The molecule has 2 nitrogen and oxygen atoms in total. The summed E-state index contributed by atoms with van der Waals surface area (Å²) >= 11 is 0. The van der Waals surface area contributed by atoms with Crippen molar-refractivity contribution in [2.75, 3.05) is 13.1 Å². The van der Waals surface area contributed by atoms with E-state index in [-0.39, 0.29) is 6.04 Å². The second-order valence-electron chi connectivity index (χ2n) is 6.34. The third-order valence-corrected chi connectivity index (χ3v) is 5.04. The van der Waals surface area contributed by atoms with Gasteiger partial charge in [0.2, 0.25) is 0 Å². The number of rotatable bonds is 3. The zero-order chi connectivity index (χ0) is 13.9. The van der Waals surface area contributed by atoms with Crippen LogP contribution < -0.4 is 0 Å². The molecule has 2 unspecified atom stereocenters. The van der Waals surface area contributed by atoms with Crippen LogP contribution in [0, 0.1) is 11.3 Å². The monoisotopic (exact) mass is 268 g/mol. The van der Waals surface area contributed by atoms with Gasteiger partial charge in [0.05, 0.1) is 6.07 Å². The summed E-state index contributed by atoms with van der Waals surface area (Å²) in [5.74, 6) is 0.309. The summed E-state index contributed by atoms with van der Waals surface area (Å²) in [7, 11) is 0. The molecule has 0 radical (unpaired) electrons. The molecule has 1 heterocycles. The lowest BCUT2D eigenvalue weighted by atomic mass is 9.90. The van der Waals surface area contributed by atoms with E-state index in [2.05, 4.69) is 36.1 Å². The number of piperidine rings is 1. The van der Waals surface area contributed by atoms with E-state index in [0.29, 0.717) is 5.92 Å². The quantitative estimate of drug-likeness (QED) is 0.836. The van der Waals surface area contributed by atoms with Crippen LogP contribution in [0.5, 0.6) is 0 Å². The molecule has 0 N–H and O–H groups in total. The lowest BCUT2D eigenvalue weighted by molar-refractivity contribution is 0.179. The minimum absolute atomic E-state index is 0.0368. The molecule has 0 spiro atoms. The van der Waals surface area contributed by atoms with Gasteiger partial charge >= 0.3 is 0 Å². The molecule has 1 fully saturated rings. The molecule has 1 aromatic carbocycles. The van der Waals surface area contributed by atoms with Crippen LogP contribution in [-0.2, 0) is 12.8 Å². The Morgan fingerprint density at radius 1 is 1.05 bits per heavy atom. The molecular formula is C18H24N2. The Kier molecular flexibility index (Phi) is 4.08. The van der Waals surface area contributed by atoms with Crippen molar-refractivity contribution in [3.8, 4) is 6.07 Å². The number of likely N-dealkylation sites (tertiary alicyclic amines) is 1. The topological polar surface area (TPSA) is 27.0 Å². The highest BCUT2D eigenvalue weighted by Gasteiger charge is 2.27. The zero-order valence-corrected chi connectivity index (χ0v) is 12.4. The predicted molar refractivity (Wildman–Crippen MR) is 81.7 cm³/mol. The standard InChI is InChI=1S/C18H24N2/c1-14(18(13-19)20-10-3-2-4-11-20)16-9-8-15-6-5-7-17(15)12-16/h8-9,12,14,18H,2-7,10-11H2,1H3. The van der Waals surface area contributed by atoms with E-state index in [1.165, 1.54) is 55.2 Å². The Morgan fingerprint density at radius 3 is 2.55 bits per heavy atom. The first-order valence-corrected chi connectivity index (χ1v) is 8.05. The third-order valence-electron chi connectivity index (χ3n) is 5.04. The van der Waals surface area contributed by atoms with E-state index in [1.54, 1.807) is 0 Å². The molecule has 2 aliphatic rings. The van der Waals surface area contributed by atoms with Crippen LogP contribution in [0.3, 0.4) is 0 Å². The maximum absolute atomic E-state index is 9.61. The maximum Gasteiger partial charge on any atom is 0.104 e. The van der Waals surface area contributed by atoms with Gasteiger partial charge < -0.3 is 0 Å². The minimum atomic E-state index is 0.0368. The van der Waals surface area contributed by atoms with Crippen LogP contribution in [-0.4, -0.2) is 24.0 Å². The first-order chi connectivity index (χ1) is 9.79. The van der Waals surface area contributed by atoms with Crippen molar-refractivity contribution in [2.24, 2.45) is 0 Å². The molecular weight excluding hydrogens is 244 g/mol. The SMILES string of the molecule is CC(c1ccc2c(c1)CCC2)C(C#N)N1CCCCC1. The summed E-state index contributed by atoms with van der Waals surface area (Å²) in [5.41, 5.74) is 4.39. The van der Waals surface area contributed by atoms with Gasteiger partial charge in [0.1, 0.15) is 6.04 Å². The smallest absolute Gasteiger partial charge is 0.104 e. The van der Waals surface area contributed by atoms with Gasteiger partial charge in [-0.25, -0.2) is 0 Å². The van der Waals surface area contributed by atoms with Crippen LogP contribution in [0.1, 0.15) is 55.2 Å². The number of fused-ring (bicyclic) bond motifs is 1. The van der Waals surface area contributed by atoms with Crippen molar-refractivity contribution in [3.05, 3.63) is 34.9 Å². The molecule has 0 saturated carbocycles. The fourth-order valence-electron chi connectivity index (χ4n) is 3.76. The van der Waals surface area contributed by atoms with E-state index in [0.717, 1.165) is 13.1 Å². The van der Waals surface area contributed by atoms with Crippen molar-refractivity contribution in [1.29, 1.82) is 5.26 Å².